The Morgan fingerprint density at radius 1 is 1.11 bits per heavy atom. The van der Waals surface area contributed by atoms with Crippen LogP contribution in [0, 0.1) is 0 Å². The van der Waals surface area contributed by atoms with Gasteiger partial charge in [-0.25, -0.2) is 4.98 Å². The van der Waals surface area contributed by atoms with Crippen LogP contribution >= 0.6 is 0 Å². The average Bonchev–Trinajstić information content (AvgIpc) is 3.20. The molecular formula is C22H25N3O2. The van der Waals surface area contributed by atoms with Crippen LogP contribution in [-0.4, -0.2) is 10.9 Å². The zero-order chi connectivity index (χ0) is 19.1. The number of hydrogen-bond donors (Lipinski definition) is 2. The molecule has 0 aliphatic rings. The van der Waals surface area contributed by atoms with Crippen LogP contribution in [0.15, 0.2) is 71.3 Å². The summed E-state index contributed by atoms with van der Waals surface area (Å²) in [5.41, 5.74) is 8.47. The van der Waals surface area contributed by atoms with Gasteiger partial charge < -0.3 is 15.5 Å². The van der Waals surface area contributed by atoms with E-state index in [9.17, 15) is 4.79 Å². The lowest BCUT2D eigenvalue weighted by atomic mass is 9.99. The number of nitrogens with two attached hydrogens (primary N) is 1. The first-order chi connectivity index (χ1) is 13.2. The van der Waals surface area contributed by atoms with Crippen molar-refractivity contribution in [1.29, 1.82) is 0 Å². The number of nitrogens with zero attached hydrogens (tertiary/aromatic N) is 1. The highest BCUT2D eigenvalue weighted by molar-refractivity contribution is 5.92. The first-order valence-electron chi connectivity index (χ1n) is 9.28. The first-order valence-corrected chi connectivity index (χ1v) is 9.28. The van der Waals surface area contributed by atoms with Crippen LogP contribution in [0.3, 0.4) is 0 Å². The van der Waals surface area contributed by atoms with Crippen molar-refractivity contribution in [2.24, 2.45) is 5.73 Å². The summed E-state index contributed by atoms with van der Waals surface area (Å²) in [6.45, 7) is 2.05. The second kappa shape index (κ2) is 9.14. The van der Waals surface area contributed by atoms with Crippen molar-refractivity contribution in [3.05, 3.63) is 89.6 Å². The molecule has 1 heterocycles. The van der Waals surface area contributed by atoms with Gasteiger partial charge in [-0.1, -0.05) is 74.0 Å². The highest BCUT2D eigenvalue weighted by Gasteiger charge is 2.20. The Kier molecular flexibility index (Phi) is 6.39. The van der Waals surface area contributed by atoms with Crippen molar-refractivity contribution in [2.75, 3.05) is 0 Å². The van der Waals surface area contributed by atoms with Crippen molar-refractivity contribution in [1.82, 2.24) is 10.3 Å². The molecule has 5 heteroatoms. The van der Waals surface area contributed by atoms with Gasteiger partial charge in [0.2, 0.25) is 5.89 Å². The number of benzene rings is 2. The third-order valence-corrected chi connectivity index (χ3v) is 4.46. The van der Waals surface area contributed by atoms with Gasteiger partial charge in [-0.05, 0) is 24.0 Å². The molecule has 0 spiro atoms. The van der Waals surface area contributed by atoms with Crippen LogP contribution in [0.5, 0.6) is 0 Å². The fourth-order valence-corrected chi connectivity index (χ4v) is 3.02. The summed E-state index contributed by atoms with van der Waals surface area (Å²) >= 11 is 0. The molecule has 3 aromatic rings. The normalized spacial score (nSPS) is 13.1. The highest BCUT2D eigenvalue weighted by Crippen LogP contribution is 2.20. The third kappa shape index (κ3) is 5.05. The largest absolute Gasteiger partial charge is 0.446 e. The fraction of sp³-hybridized carbons (Fsp3) is 0.273. The highest BCUT2D eigenvalue weighted by atomic mass is 16.3. The van der Waals surface area contributed by atoms with Gasteiger partial charge in [-0.2, -0.15) is 0 Å². The second-order valence-corrected chi connectivity index (χ2v) is 6.59. The van der Waals surface area contributed by atoms with Crippen molar-refractivity contribution in [2.45, 2.75) is 38.3 Å². The molecule has 3 N–H and O–H groups in total. The van der Waals surface area contributed by atoms with E-state index in [1.165, 1.54) is 6.26 Å². The molecule has 3 rings (SSSR count). The fourth-order valence-electron chi connectivity index (χ4n) is 3.02. The maximum atomic E-state index is 12.7. The zero-order valence-electron chi connectivity index (χ0n) is 15.5. The molecule has 1 aromatic heterocycles. The smallest absolute Gasteiger partial charge is 0.273 e. The van der Waals surface area contributed by atoms with Crippen molar-refractivity contribution >= 4 is 5.91 Å². The minimum atomic E-state index is -0.286. The molecule has 1 amide bonds. The van der Waals surface area contributed by atoms with Gasteiger partial charge in [0.1, 0.15) is 6.26 Å². The number of hydrogen-bond acceptors (Lipinski definition) is 4. The Bertz CT molecular complexity index is 846. The molecule has 0 saturated carbocycles. The van der Waals surface area contributed by atoms with Crippen LogP contribution in [0.2, 0.25) is 0 Å². The predicted octanol–water partition coefficient (Wildman–Crippen LogP) is 4.19. The molecule has 27 heavy (non-hydrogen) atoms. The van der Waals surface area contributed by atoms with Crippen LogP contribution < -0.4 is 11.1 Å². The molecule has 0 radical (unpaired) electrons. The number of aromatic nitrogens is 1. The van der Waals surface area contributed by atoms with Gasteiger partial charge in [0.05, 0.1) is 12.1 Å². The van der Waals surface area contributed by atoms with E-state index in [4.69, 9.17) is 10.2 Å². The van der Waals surface area contributed by atoms with Gasteiger partial charge in [-0.3, -0.25) is 4.79 Å². The monoisotopic (exact) mass is 363 g/mol. The Labute approximate surface area is 159 Å². The molecule has 140 valence electrons. The van der Waals surface area contributed by atoms with E-state index in [1.54, 1.807) is 0 Å². The SMILES string of the molecule is CCCC(N)c1nc(C(=O)NC(Cc2ccccc2)c2ccccc2)co1. The second-order valence-electron chi connectivity index (χ2n) is 6.59. The maximum Gasteiger partial charge on any atom is 0.273 e. The molecule has 0 saturated heterocycles. The van der Waals surface area contributed by atoms with E-state index in [0.29, 0.717) is 12.3 Å². The van der Waals surface area contributed by atoms with Gasteiger partial charge in [0.15, 0.2) is 5.69 Å². The van der Waals surface area contributed by atoms with Gasteiger partial charge >= 0.3 is 0 Å². The number of nitrogens with one attached hydrogen (secondary N) is 1. The molecule has 5 nitrogen and oxygen atoms in total. The first kappa shape index (κ1) is 18.9. The summed E-state index contributed by atoms with van der Waals surface area (Å²) in [6, 6.07) is 19.6. The average molecular weight is 363 g/mol. The van der Waals surface area contributed by atoms with Gasteiger partial charge in [0, 0.05) is 0 Å². The van der Waals surface area contributed by atoms with Gasteiger partial charge in [-0.15, -0.1) is 0 Å². The summed E-state index contributed by atoms with van der Waals surface area (Å²) in [6.07, 6.45) is 3.77. The lowest BCUT2D eigenvalue weighted by Crippen LogP contribution is -2.30. The number of oxazole rings is 1. The Hall–Kier alpha value is -2.92. The minimum Gasteiger partial charge on any atom is -0.446 e. The van der Waals surface area contributed by atoms with Crippen molar-refractivity contribution in [3.8, 4) is 0 Å². The van der Waals surface area contributed by atoms with Crippen molar-refractivity contribution < 1.29 is 9.21 Å². The zero-order valence-corrected chi connectivity index (χ0v) is 15.5. The van der Waals surface area contributed by atoms with E-state index in [1.807, 2.05) is 55.5 Å². The van der Waals surface area contributed by atoms with E-state index in [-0.39, 0.29) is 23.7 Å². The number of carbonyl (C=O) groups is 1. The molecular weight excluding hydrogens is 338 g/mol. The third-order valence-electron chi connectivity index (χ3n) is 4.46. The molecule has 0 fully saturated rings. The van der Waals surface area contributed by atoms with Gasteiger partial charge in [0.25, 0.3) is 5.91 Å². The molecule has 0 aliphatic carbocycles. The van der Waals surface area contributed by atoms with E-state index in [2.05, 4.69) is 22.4 Å². The Morgan fingerprint density at radius 3 is 2.44 bits per heavy atom. The van der Waals surface area contributed by atoms with E-state index in [0.717, 1.165) is 24.0 Å². The van der Waals surface area contributed by atoms with E-state index >= 15 is 0 Å². The molecule has 2 atom stereocenters. The molecule has 0 bridgehead atoms. The lowest BCUT2D eigenvalue weighted by Gasteiger charge is -2.19. The maximum absolute atomic E-state index is 12.7. The molecule has 0 aliphatic heterocycles. The number of rotatable bonds is 8. The van der Waals surface area contributed by atoms with Crippen molar-refractivity contribution in [3.63, 3.8) is 0 Å². The van der Waals surface area contributed by atoms with E-state index < -0.39 is 0 Å². The van der Waals surface area contributed by atoms with Crippen LogP contribution in [0.1, 0.15) is 59.4 Å². The predicted molar refractivity (Wildman–Crippen MR) is 105 cm³/mol. The molecule has 2 unspecified atom stereocenters. The Balaban J connectivity index is 1.76. The number of amides is 1. The summed E-state index contributed by atoms with van der Waals surface area (Å²) in [7, 11) is 0. The number of carbonyl (C=O) groups excluding carboxylic acids is 1. The lowest BCUT2D eigenvalue weighted by molar-refractivity contribution is 0.0931. The van der Waals surface area contributed by atoms with Crippen LogP contribution in [-0.2, 0) is 6.42 Å². The topological polar surface area (TPSA) is 81.1 Å². The Morgan fingerprint density at radius 2 is 1.78 bits per heavy atom. The summed E-state index contributed by atoms with van der Waals surface area (Å²) in [5, 5.41) is 3.08. The van der Waals surface area contributed by atoms with Crippen LogP contribution in [0.4, 0.5) is 0 Å². The standard InChI is InChI=1S/C22H25N3O2/c1-2-9-18(23)22-25-20(15-27-22)21(26)24-19(17-12-7-4-8-13-17)14-16-10-5-3-6-11-16/h3-8,10-13,15,18-19H,2,9,14,23H2,1H3,(H,24,26). The quantitative estimate of drug-likeness (QED) is 0.629. The summed E-state index contributed by atoms with van der Waals surface area (Å²) in [5.74, 6) is 0.139. The minimum absolute atomic E-state index is 0.162. The van der Waals surface area contributed by atoms with Crippen LogP contribution in [0.25, 0.3) is 0 Å². The summed E-state index contributed by atoms with van der Waals surface area (Å²) < 4.78 is 5.41. The molecule has 2 aromatic carbocycles. The summed E-state index contributed by atoms with van der Waals surface area (Å²) in [4.78, 5) is 17.0.